The summed E-state index contributed by atoms with van der Waals surface area (Å²) in [5.41, 5.74) is 0.539. The molecule has 5 heteroatoms. The lowest BCUT2D eigenvalue weighted by Crippen LogP contribution is -2.07. The van der Waals surface area contributed by atoms with Gasteiger partial charge in [0, 0.05) is 19.4 Å². The fourth-order valence-corrected chi connectivity index (χ4v) is 1.64. The third-order valence-corrected chi connectivity index (χ3v) is 2.59. The first-order chi connectivity index (χ1) is 8.13. The van der Waals surface area contributed by atoms with Crippen LogP contribution in [0, 0.1) is 5.82 Å². The first-order valence-corrected chi connectivity index (χ1v) is 5.12. The lowest BCUT2D eigenvalue weighted by atomic mass is 10.1. The second-order valence-electron chi connectivity index (χ2n) is 3.69. The largest absolute Gasteiger partial charge is 0.494 e. The number of rotatable bonds is 3. The van der Waals surface area contributed by atoms with Crippen molar-refractivity contribution in [1.29, 1.82) is 0 Å². The van der Waals surface area contributed by atoms with Crippen LogP contribution in [0.5, 0.6) is 5.75 Å². The van der Waals surface area contributed by atoms with Crippen molar-refractivity contribution in [3.63, 3.8) is 0 Å². The second-order valence-corrected chi connectivity index (χ2v) is 3.69. The molecule has 1 atom stereocenters. The predicted molar refractivity (Wildman–Crippen MR) is 60.2 cm³/mol. The fraction of sp³-hybridized carbons (Fsp3) is 0.250. The Hall–Kier alpha value is -1.88. The van der Waals surface area contributed by atoms with Gasteiger partial charge in [0.15, 0.2) is 11.6 Å². The van der Waals surface area contributed by atoms with E-state index >= 15 is 0 Å². The fourth-order valence-electron chi connectivity index (χ4n) is 1.64. The zero-order chi connectivity index (χ0) is 12.4. The van der Waals surface area contributed by atoms with Crippen LogP contribution < -0.4 is 4.74 Å². The summed E-state index contributed by atoms with van der Waals surface area (Å²) in [6.45, 7) is 0. The molecule has 0 aliphatic carbocycles. The standard InChI is InChI=1S/C12H13FN2O2/c1-15-6-5-14-12(15)11(16)8-3-4-9(13)10(7-8)17-2/h3-7,11,16H,1-2H3. The second kappa shape index (κ2) is 4.55. The first-order valence-electron chi connectivity index (χ1n) is 5.12. The van der Waals surface area contributed by atoms with E-state index in [1.807, 2.05) is 0 Å². The van der Waals surface area contributed by atoms with Gasteiger partial charge in [-0.1, -0.05) is 6.07 Å². The van der Waals surface area contributed by atoms with Crippen LogP contribution in [-0.4, -0.2) is 21.8 Å². The van der Waals surface area contributed by atoms with Crippen LogP contribution in [0.25, 0.3) is 0 Å². The summed E-state index contributed by atoms with van der Waals surface area (Å²) in [6, 6.07) is 4.24. The van der Waals surface area contributed by atoms with E-state index in [1.165, 1.54) is 25.3 Å². The molecule has 90 valence electrons. The normalized spacial score (nSPS) is 12.5. The Morgan fingerprint density at radius 1 is 1.47 bits per heavy atom. The van der Waals surface area contributed by atoms with Crippen LogP contribution in [0.3, 0.4) is 0 Å². The molecule has 0 bridgehead atoms. The van der Waals surface area contributed by atoms with Crippen molar-refractivity contribution in [2.75, 3.05) is 7.11 Å². The topological polar surface area (TPSA) is 47.3 Å². The Bertz CT molecular complexity index is 525. The number of aromatic nitrogens is 2. The summed E-state index contributed by atoms with van der Waals surface area (Å²) in [5, 5.41) is 10.1. The molecule has 1 heterocycles. The first kappa shape index (κ1) is 11.6. The van der Waals surface area contributed by atoms with E-state index < -0.39 is 11.9 Å². The highest BCUT2D eigenvalue weighted by atomic mass is 19.1. The van der Waals surface area contributed by atoms with Crippen LogP contribution in [0.4, 0.5) is 4.39 Å². The number of ether oxygens (including phenoxy) is 1. The molecule has 0 spiro atoms. The summed E-state index contributed by atoms with van der Waals surface area (Å²) in [6.07, 6.45) is 2.43. The molecule has 0 saturated heterocycles. The van der Waals surface area contributed by atoms with Gasteiger partial charge in [-0.2, -0.15) is 0 Å². The molecule has 1 unspecified atom stereocenters. The smallest absolute Gasteiger partial charge is 0.165 e. The highest BCUT2D eigenvalue weighted by Crippen LogP contribution is 2.25. The minimum Gasteiger partial charge on any atom is -0.494 e. The van der Waals surface area contributed by atoms with Crippen molar-refractivity contribution in [3.05, 3.63) is 47.8 Å². The molecule has 2 rings (SSSR count). The van der Waals surface area contributed by atoms with Crippen molar-refractivity contribution in [1.82, 2.24) is 9.55 Å². The maximum absolute atomic E-state index is 13.2. The predicted octanol–water partition coefficient (Wildman–Crippen LogP) is 1.65. The van der Waals surface area contributed by atoms with Gasteiger partial charge < -0.3 is 14.4 Å². The highest BCUT2D eigenvalue weighted by Gasteiger charge is 2.16. The molecule has 0 aliphatic rings. The van der Waals surface area contributed by atoms with Gasteiger partial charge in [-0.3, -0.25) is 0 Å². The van der Waals surface area contributed by atoms with Gasteiger partial charge in [-0.05, 0) is 17.7 Å². The summed E-state index contributed by atoms with van der Waals surface area (Å²) >= 11 is 0. The number of methoxy groups -OCH3 is 1. The van der Waals surface area contributed by atoms with Gasteiger partial charge in [0.05, 0.1) is 7.11 Å². The third kappa shape index (κ3) is 2.14. The summed E-state index contributed by atoms with van der Waals surface area (Å²) < 4.78 is 19.8. The zero-order valence-corrected chi connectivity index (χ0v) is 9.59. The van der Waals surface area contributed by atoms with Crippen molar-refractivity contribution in [3.8, 4) is 5.75 Å². The Kier molecular flexibility index (Phi) is 3.10. The number of imidazole rings is 1. The van der Waals surface area contributed by atoms with Gasteiger partial charge in [0.1, 0.15) is 11.9 Å². The quantitative estimate of drug-likeness (QED) is 0.881. The van der Waals surface area contributed by atoms with Gasteiger partial charge in [0.25, 0.3) is 0 Å². The Morgan fingerprint density at radius 3 is 2.82 bits per heavy atom. The number of hydrogen-bond donors (Lipinski definition) is 1. The third-order valence-electron chi connectivity index (χ3n) is 2.59. The van der Waals surface area contributed by atoms with E-state index in [1.54, 1.807) is 24.0 Å². The molecular formula is C12H13FN2O2. The minimum absolute atomic E-state index is 0.107. The molecule has 0 aliphatic heterocycles. The minimum atomic E-state index is -0.899. The number of nitrogens with zero attached hydrogens (tertiary/aromatic N) is 2. The maximum atomic E-state index is 13.2. The zero-order valence-electron chi connectivity index (χ0n) is 9.59. The number of aryl methyl sites for hydroxylation is 1. The van der Waals surface area contributed by atoms with E-state index in [0.29, 0.717) is 11.4 Å². The summed E-state index contributed by atoms with van der Waals surface area (Å²) in [4.78, 5) is 4.05. The summed E-state index contributed by atoms with van der Waals surface area (Å²) in [5.74, 6) is 0.151. The van der Waals surface area contributed by atoms with Crippen molar-refractivity contribution in [2.45, 2.75) is 6.10 Å². The van der Waals surface area contributed by atoms with E-state index in [0.717, 1.165) is 0 Å². The molecule has 1 aromatic heterocycles. The van der Waals surface area contributed by atoms with Crippen LogP contribution in [0.15, 0.2) is 30.6 Å². The van der Waals surface area contributed by atoms with Crippen LogP contribution in [0.1, 0.15) is 17.5 Å². The van der Waals surface area contributed by atoms with Gasteiger partial charge in [0.2, 0.25) is 0 Å². The lowest BCUT2D eigenvalue weighted by molar-refractivity contribution is 0.205. The van der Waals surface area contributed by atoms with Crippen LogP contribution in [-0.2, 0) is 7.05 Å². The molecule has 1 N–H and O–H groups in total. The molecule has 0 fully saturated rings. The van der Waals surface area contributed by atoms with Crippen molar-refractivity contribution in [2.24, 2.45) is 7.05 Å². The Balaban J connectivity index is 2.38. The number of halogens is 1. The van der Waals surface area contributed by atoms with Gasteiger partial charge >= 0.3 is 0 Å². The average Bonchev–Trinajstić information content (AvgIpc) is 2.75. The number of hydrogen-bond acceptors (Lipinski definition) is 3. The molecule has 4 nitrogen and oxygen atoms in total. The van der Waals surface area contributed by atoms with Crippen LogP contribution in [0.2, 0.25) is 0 Å². The molecule has 17 heavy (non-hydrogen) atoms. The number of aliphatic hydroxyl groups is 1. The van der Waals surface area contributed by atoms with Crippen LogP contribution >= 0.6 is 0 Å². The monoisotopic (exact) mass is 236 g/mol. The maximum Gasteiger partial charge on any atom is 0.165 e. The van der Waals surface area contributed by atoms with E-state index in [9.17, 15) is 9.50 Å². The number of aliphatic hydroxyl groups excluding tert-OH is 1. The molecule has 2 aromatic rings. The molecule has 0 radical (unpaired) electrons. The molecule has 0 saturated carbocycles. The lowest BCUT2D eigenvalue weighted by Gasteiger charge is -2.12. The van der Waals surface area contributed by atoms with Crippen molar-refractivity contribution >= 4 is 0 Å². The molecule has 0 amide bonds. The Labute approximate surface area is 98.3 Å². The molecular weight excluding hydrogens is 223 g/mol. The van der Waals surface area contributed by atoms with E-state index in [4.69, 9.17) is 4.74 Å². The SMILES string of the molecule is COc1cc(C(O)c2nccn2C)ccc1F. The number of benzene rings is 1. The summed E-state index contributed by atoms with van der Waals surface area (Å²) in [7, 11) is 3.17. The van der Waals surface area contributed by atoms with Gasteiger partial charge in [-0.25, -0.2) is 9.37 Å². The van der Waals surface area contributed by atoms with Gasteiger partial charge in [-0.15, -0.1) is 0 Å². The van der Waals surface area contributed by atoms with Crippen molar-refractivity contribution < 1.29 is 14.2 Å². The average molecular weight is 236 g/mol. The highest BCUT2D eigenvalue weighted by molar-refractivity contribution is 5.33. The Morgan fingerprint density at radius 2 is 2.24 bits per heavy atom. The molecule has 1 aromatic carbocycles. The van der Waals surface area contributed by atoms with E-state index in [-0.39, 0.29) is 5.75 Å². The van der Waals surface area contributed by atoms with E-state index in [2.05, 4.69) is 4.98 Å².